The number of sulfone groups is 1. The van der Waals surface area contributed by atoms with E-state index in [-0.39, 0.29) is 11.7 Å². The van der Waals surface area contributed by atoms with Crippen LogP contribution in [0.5, 0.6) is 0 Å². The van der Waals surface area contributed by atoms with Crippen molar-refractivity contribution in [1.82, 2.24) is 24.5 Å². The topological polar surface area (TPSA) is 82.7 Å². The van der Waals surface area contributed by atoms with E-state index in [0.717, 1.165) is 5.82 Å². The van der Waals surface area contributed by atoms with Gasteiger partial charge in [0.1, 0.15) is 5.69 Å². The summed E-state index contributed by atoms with van der Waals surface area (Å²) in [6, 6.07) is 0. The number of hydrogen-bond acceptors (Lipinski definition) is 5. The maximum Gasteiger partial charge on any atom is 0.161 e. The Kier molecular flexibility index (Phi) is 2.89. The van der Waals surface area contributed by atoms with E-state index in [1.807, 2.05) is 24.0 Å². The molecule has 1 saturated heterocycles. The van der Waals surface area contributed by atoms with Gasteiger partial charge < -0.3 is 4.57 Å². The van der Waals surface area contributed by atoms with Crippen LogP contribution in [0.3, 0.4) is 0 Å². The summed E-state index contributed by atoms with van der Waals surface area (Å²) < 4.78 is 26.4. The van der Waals surface area contributed by atoms with Crippen molar-refractivity contribution < 1.29 is 8.42 Å². The fourth-order valence-corrected chi connectivity index (χ4v) is 4.23. The van der Waals surface area contributed by atoms with E-state index in [2.05, 4.69) is 15.3 Å². The number of imidazole rings is 1. The fraction of sp³-hybridized carbons (Fsp3) is 0.545. The van der Waals surface area contributed by atoms with Gasteiger partial charge >= 0.3 is 0 Å². The largest absolute Gasteiger partial charge is 0.333 e. The highest BCUT2D eigenvalue weighted by Crippen LogP contribution is 2.20. The number of hydrogen-bond donors (Lipinski definition) is 0. The normalized spacial score (nSPS) is 21.8. The van der Waals surface area contributed by atoms with Gasteiger partial charge in [0.25, 0.3) is 0 Å². The first-order valence-electron chi connectivity index (χ1n) is 6.12. The molecule has 0 unspecified atom stereocenters. The molecular formula is C11H15N5O2S. The van der Waals surface area contributed by atoms with Crippen molar-refractivity contribution in [2.75, 3.05) is 11.5 Å². The Morgan fingerprint density at radius 1 is 1.47 bits per heavy atom. The van der Waals surface area contributed by atoms with Crippen LogP contribution in [0.4, 0.5) is 0 Å². The third kappa shape index (κ3) is 2.53. The van der Waals surface area contributed by atoms with Crippen molar-refractivity contribution in [2.45, 2.75) is 13.0 Å². The SMILES string of the molecule is Cn1ccnc1-c1cn(C[C@H]2CCS(=O)(=O)C2)nn1. The Labute approximate surface area is 111 Å². The molecule has 19 heavy (non-hydrogen) atoms. The van der Waals surface area contributed by atoms with Crippen LogP contribution in [0.2, 0.25) is 0 Å². The zero-order valence-corrected chi connectivity index (χ0v) is 11.4. The fourth-order valence-electron chi connectivity index (χ4n) is 2.38. The van der Waals surface area contributed by atoms with Crippen molar-refractivity contribution in [3.63, 3.8) is 0 Å². The van der Waals surface area contributed by atoms with Crippen molar-refractivity contribution in [3.8, 4) is 11.5 Å². The molecule has 1 aliphatic heterocycles. The summed E-state index contributed by atoms with van der Waals surface area (Å²) >= 11 is 0. The molecule has 3 heterocycles. The zero-order valence-electron chi connectivity index (χ0n) is 10.6. The molecule has 8 heteroatoms. The molecule has 0 radical (unpaired) electrons. The molecular weight excluding hydrogens is 266 g/mol. The minimum absolute atomic E-state index is 0.140. The van der Waals surface area contributed by atoms with Gasteiger partial charge in [-0.1, -0.05) is 5.21 Å². The van der Waals surface area contributed by atoms with Gasteiger partial charge in [0.2, 0.25) is 0 Å². The smallest absolute Gasteiger partial charge is 0.161 e. The van der Waals surface area contributed by atoms with Crippen LogP contribution in [0.25, 0.3) is 11.5 Å². The molecule has 7 nitrogen and oxygen atoms in total. The van der Waals surface area contributed by atoms with Gasteiger partial charge in [-0.05, 0) is 12.3 Å². The average Bonchev–Trinajstić information content (AvgIpc) is 3.01. The first kappa shape index (κ1) is 12.3. The first-order valence-corrected chi connectivity index (χ1v) is 7.94. The minimum atomic E-state index is -2.84. The molecule has 0 saturated carbocycles. The molecule has 0 aromatic carbocycles. The van der Waals surface area contributed by atoms with Crippen LogP contribution >= 0.6 is 0 Å². The van der Waals surface area contributed by atoms with Crippen molar-refractivity contribution in [3.05, 3.63) is 18.6 Å². The van der Waals surface area contributed by atoms with Crippen LogP contribution in [0.1, 0.15) is 6.42 Å². The second-order valence-corrected chi connectivity index (χ2v) is 7.19. The van der Waals surface area contributed by atoms with Gasteiger partial charge in [0, 0.05) is 26.0 Å². The van der Waals surface area contributed by atoms with Gasteiger partial charge in [0.05, 0.1) is 17.7 Å². The van der Waals surface area contributed by atoms with Gasteiger partial charge in [0.15, 0.2) is 15.7 Å². The van der Waals surface area contributed by atoms with Crippen molar-refractivity contribution in [1.29, 1.82) is 0 Å². The van der Waals surface area contributed by atoms with Crippen LogP contribution < -0.4 is 0 Å². The van der Waals surface area contributed by atoms with Crippen LogP contribution in [-0.2, 0) is 23.4 Å². The molecule has 0 spiro atoms. The molecule has 2 aromatic rings. The van der Waals surface area contributed by atoms with E-state index in [1.54, 1.807) is 10.9 Å². The third-order valence-electron chi connectivity index (χ3n) is 3.36. The third-order valence-corrected chi connectivity index (χ3v) is 5.20. The molecule has 3 rings (SSSR count). The van der Waals surface area contributed by atoms with Crippen LogP contribution in [0, 0.1) is 5.92 Å². The molecule has 1 fully saturated rings. The summed E-state index contributed by atoms with van der Waals surface area (Å²) in [4.78, 5) is 4.21. The van der Waals surface area contributed by atoms with E-state index < -0.39 is 9.84 Å². The molecule has 1 atom stereocenters. The standard InChI is InChI=1S/C11H15N5O2S/c1-15-4-3-12-11(15)10-7-16(14-13-10)6-9-2-5-19(17,18)8-9/h3-4,7,9H,2,5-6,8H2,1H3/t9-/m1/s1. The zero-order chi connectivity index (χ0) is 13.5. The number of nitrogens with zero attached hydrogens (tertiary/aromatic N) is 5. The van der Waals surface area contributed by atoms with Gasteiger partial charge in [-0.25, -0.2) is 13.4 Å². The molecule has 0 N–H and O–H groups in total. The molecule has 2 aromatic heterocycles. The van der Waals surface area contributed by atoms with Gasteiger partial charge in [-0.15, -0.1) is 5.10 Å². The maximum absolute atomic E-state index is 11.4. The first-order chi connectivity index (χ1) is 9.03. The second kappa shape index (κ2) is 4.44. The van der Waals surface area contributed by atoms with E-state index in [9.17, 15) is 8.42 Å². The molecule has 0 amide bonds. The maximum atomic E-state index is 11.4. The molecule has 102 valence electrons. The quantitative estimate of drug-likeness (QED) is 0.797. The summed E-state index contributed by atoms with van der Waals surface area (Å²) in [5.74, 6) is 1.44. The predicted molar refractivity (Wildman–Crippen MR) is 69.0 cm³/mol. The Balaban J connectivity index is 1.74. The lowest BCUT2D eigenvalue weighted by Crippen LogP contribution is -2.12. The summed E-state index contributed by atoms with van der Waals surface area (Å²) in [7, 11) is -0.943. The van der Waals surface area contributed by atoms with Gasteiger partial charge in [-0.2, -0.15) is 0 Å². The predicted octanol–water partition coefficient (Wildman–Crippen LogP) is 0.113. The number of rotatable bonds is 3. The lowest BCUT2D eigenvalue weighted by atomic mass is 10.1. The highest BCUT2D eigenvalue weighted by Gasteiger charge is 2.28. The van der Waals surface area contributed by atoms with Crippen LogP contribution in [-0.4, -0.2) is 44.5 Å². The second-order valence-electron chi connectivity index (χ2n) is 4.96. The Hall–Kier alpha value is -1.70. The Morgan fingerprint density at radius 3 is 2.95 bits per heavy atom. The van der Waals surface area contributed by atoms with Crippen LogP contribution in [0.15, 0.2) is 18.6 Å². The number of aryl methyl sites for hydroxylation is 1. The van der Waals surface area contributed by atoms with E-state index in [0.29, 0.717) is 24.4 Å². The van der Waals surface area contributed by atoms with Crippen molar-refractivity contribution in [2.24, 2.45) is 13.0 Å². The van der Waals surface area contributed by atoms with E-state index in [1.165, 1.54) is 0 Å². The summed E-state index contributed by atoms with van der Waals surface area (Å²) in [5.41, 5.74) is 0.702. The molecule has 0 aliphatic carbocycles. The lowest BCUT2D eigenvalue weighted by Gasteiger charge is -2.05. The Morgan fingerprint density at radius 2 is 2.32 bits per heavy atom. The lowest BCUT2D eigenvalue weighted by molar-refractivity contribution is 0.448. The summed E-state index contributed by atoms with van der Waals surface area (Å²) in [5, 5.41) is 8.12. The summed E-state index contributed by atoms with van der Waals surface area (Å²) in [6.07, 6.45) is 6.07. The highest BCUT2D eigenvalue weighted by molar-refractivity contribution is 7.91. The number of aromatic nitrogens is 5. The van der Waals surface area contributed by atoms with E-state index in [4.69, 9.17) is 0 Å². The highest BCUT2D eigenvalue weighted by atomic mass is 32.2. The van der Waals surface area contributed by atoms with Gasteiger partial charge in [-0.3, -0.25) is 4.68 Å². The van der Waals surface area contributed by atoms with Crippen molar-refractivity contribution >= 4 is 9.84 Å². The monoisotopic (exact) mass is 281 g/mol. The average molecular weight is 281 g/mol. The Bertz CT molecular complexity index is 688. The minimum Gasteiger partial charge on any atom is -0.333 e. The molecule has 1 aliphatic rings. The summed E-state index contributed by atoms with van der Waals surface area (Å²) in [6.45, 7) is 0.594. The molecule has 0 bridgehead atoms. The van der Waals surface area contributed by atoms with E-state index >= 15 is 0 Å².